The van der Waals surface area contributed by atoms with Crippen LogP contribution in [0.1, 0.15) is 17.3 Å². The molecule has 104 valence electrons. The van der Waals surface area contributed by atoms with Gasteiger partial charge < -0.3 is 19.5 Å². The van der Waals surface area contributed by atoms with E-state index in [0.717, 1.165) is 0 Å². The Hall–Kier alpha value is -2.24. The van der Waals surface area contributed by atoms with Crippen LogP contribution in [0.25, 0.3) is 0 Å². The highest BCUT2D eigenvalue weighted by Gasteiger charge is 2.19. The first-order valence-corrected chi connectivity index (χ1v) is 5.64. The molecule has 0 aliphatic rings. The van der Waals surface area contributed by atoms with Crippen LogP contribution in [0.5, 0.6) is 11.5 Å². The largest absolute Gasteiger partial charge is 0.497 e. The summed E-state index contributed by atoms with van der Waals surface area (Å²) in [6.45, 7) is 1.54. The molecule has 0 spiro atoms. The van der Waals surface area contributed by atoms with Crippen LogP contribution in [0, 0.1) is 0 Å². The van der Waals surface area contributed by atoms with Gasteiger partial charge in [0.1, 0.15) is 17.5 Å². The van der Waals surface area contributed by atoms with E-state index >= 15 is 0 Å². The topological polar surface area (TPSA) is 73.9 Å². The summed E-state index contributed by atoms with van der Waals surface area (Å²) in [5.41, 5.74) is 0.319. The summed E-state index contributed by atoms with van der Waals surface area (Å²) in [7, 11) is 4.24. The predicted molar refractivity (Wildman–Crippen MR) is 68.5 cm³/mol. The van der Waals surface area contributed by atoms with E-state index in [2.05, 4.69) is 10.1 Å². The molecule has 0 saturated carbocycles. The van der Waals surface area contributed by atoms with Crippen molar-refractivity contribution < 1.29 is 23.8 Å². The second-order valence-electron chi connectivity index (χ2n) is 3.78. The van der Waals surface area contributed by atoms with Gasteiger partial charge in [-0.15, -0.1) is 0 Å². The van der Waals surface area contributed by atoms with Crippen molar-refractivity contribution >= 4 is 11.9 Å². The van der Waals surface area contributed by atoms with Gasteiger partial charge in [-0.1, -0.05) is 0 Å². The number of carbonyl (C=O) groups excluding carboxylic acids is 2. The third kappa shape index (κ3) is 3.61. The lowest BCUT2D eigenvalue weighted by Gasteiger charge is -2.14. The number of benzene rings is 1. The van der Waals surface area contributed by atoms with Gasteiger partial charge in [-0.3, -0.25) is 4.79 Å². The molecule has 19 heavy (non-hydrogen) atoms. The zero-order valence-electron chi connectivity index (χ0n) is 11.4. The van der Waals surface area contributed by atoms with Crippen LogP contribution in [0.3, 0.4) is 0 Å². The van der Waals surface area contributed by atoms with Crippen molar-refractivity contribution in [3.8, 4) is 11.5 Å². The molecule has 6 heteroatoms. The van der Waals surface area contributed by atoms with Gasteiger partial charge in [-0.2, -0.15) is 0 Å². The fourth-order valence-corrected chi connectivity index (χ4v) is 1.50. The van der Waals surface area contributed by atoms with Gasteiger partial charge in [0, 0.05) is 6.07 Å². The molecule has 0 bridgehead atoms. The molecule has 0 aliphatic carbocycles. The second kappa shape index (κ2) is 6.63. The van der Waals surface area contributed by atoms with Gasteiger partial charge in [0.2, 0.25) is 0 Å². The zero-order chi connectivity index (χ0) is 14.4. The van der Waals surface area contributed by atoms with Crippen molar-refractivity contribution in [2.75, 3.05) is 21.3 Å². The monoisotopic (exact) mass is 267 g/mol. The Kier molecular flexibility index (Phi) is 5.17. The van der Waals surface area contributed by atoms with Gasteiger partial charge in [-0.25, -0.2) is 4.79 Å². The van der Waals surface area contributed by atoms with E-state index in [4.69, 9.17) is 9.47 Å². The van der Waals surface area contributed by atoms with Crippen LogP contribution >= 0.6 is 0 Å². The van der Waals surface area contributed by atoms with Crippen LogP contribution in [-0.4, -0.2) is 39.2 Å². The molecule has 6 nitrogen and oxygen atoms in total. The van der Waals surface area contributed by atoms with Crippen LogP contribution in [0.4, 0.5) is 0 Å². The summed E-state index contributed by atoms with van der Waals surface area (Å²) in [5, 5.41) is 2.52. The van der Waals surface area contributed by atoms with Crippen LogP contribution in [-0.2, 0) is 9.53 Å². The second-order valence-corrected chi connectivity index (χ2v) is 3.78. The number of esters is 1. The zero-order valence-corrected chi connectivity index (χ0v) is 11.4. The highest BCUT2D eigenvalue weighted by atomic mass is 16.5. The van der Waals surface area contributed by atoms with Gasteiger partial charge in [0.15, 0.2) is 0 Å². The number of hydrogen-bond acceptors (Lipinski definition) is 5. The Morgan fingerprint density at radius 3 is 2.37 bits per heavy atom. The predicted octanol–water partition coefficient (Wildman–Crippen LogP) is 0.995. The quantitative estimate of drug-likeness (QED) is 0.805. The lowest BCUT2D eigenvalue weighted by atomic mass is 10.1. The van der Waals surface area contributed by atoms with Crippen LogP contribution < -0.4 is 14.8 Å². The summed E-state index contributed by atoms with van der Waals surface area (Å²) in [4.78, 5) is 23.3. The number of ether oxygens (including phenoxy) is 3. The SMILES string of the molecule is COC(=O)C(C)NC(=O)c1ccc(OC)cc1OC. The Labute approximate surface area is 111 Å². The minimum atomic E-state index is -0.732. The molecular formula is C13H17NO5. The molecule has 0 aromatic heterocycles. The fraction of sp³-hybridized carbons (Fsp3) is 0.385. The van der Waals surface area contributed by atoms with Crippen molar-refractivity contribution in [3.05, 3.63) is 23.8 Å². The van der Waals surface area contributed by atoms with Crippen molar-refractivity contribution in [3.63, 3.8) is 0 Å². The smallest absolute Gasteiger partial charge is 0.328 e. The van der Waals surface area contributed by atoms with E-state index in [1.165, 1.54) is 21.3 Å². The molecule has 0 heterocycles. The molecular weight excluding hydrogens is 250 g/mol. The molecule has 1 aromatic rings. The molecule has 1 atom stereocenters. The average molecular weight is 267 g/mol. The molecule has 1 rings (SSSR count). The van der Waals surface area contributed by atoms with Gasteiger partial charge in [0.05, 0.1) is 26.9 Å². The summed E-state index contributed by atoms with van der Waals surface area (Å²) in [6.07, 6.45) is 0. The molecule has 0 aliphatic heterocycles. The van der Waals surface area contributed by atoms with Gasteiger partial charge in [0.25, 0.3) is 5.91 Å². The number of nitrogens with one attached hydrogen (secondary N) is 1. The van der Waals surface area contributed by atoms with E-state index < -0.39 is 17.9 Å². The number of amides is 1. The lowest BCUT2D eigenvalue weighted by Crippen LogP contribution is -2.39. The van der Waals surface area contributed by atoms with Gasteiger partial charge in [-0.05, 0) is 19.1 Å². The first kappa shape index (κ1) is 14.8. The minimum Gasteiger partial charge on any atom is -0.497 e. The maximum atomic E-state index is 12.0. The van der Waals surface area contributed by atoms with Crippen LogP contribution in [0.15, 0.2) is 18.2 Å². The minimum absolute atomic E-state index is 0.319. The Morgan fingerprint density at radius 2 is 1.84 bits per heavy atom. The Morgan fingerprint density at radius 1 is 1.16 bits per heavy atom. The van der Waals surface area contributed by atoms with E-state index in [1.807, 2.05) is 0 Å². The fourth-order valence-electron chi connectivity index (χ4n) is 1.50. The summed E-state index contributed by atoms with van der Waals surface area (Å²) in [5.74, 6) is 0.0153. The Balaban J connectivity index is 2.90. The number of hydrogen-bond donors (Lipinski definition) is 1. The highest BCUT2D eigenvalue weighted by Crippen LogP contribution is 2.24. The van der Waals surface area contributed by atoms with E-state index in [-0.39, 0.29) is 0 Å². The van der Waals surface area contributed by atoms with Crippen molar-refractivity contribution in [1.29, 1.82) is 0 Å². The summed E-state index contributed by atoms with van der Waals surface area (Å²) in [6, 6.07) is 4.07. The van der Waals surface area contributed by atoms with Crippen molar-refractivity contribution in [2.45, 2.75) is 13.0 Å². The third-order valence-corrected chi connectivity index (χ3v) is 2.56. The standard InChI is InChI=1S/C13H17NO5/c1-8(13(16)19-4)14-12(15)10-6-5-9(17-2)7-11(10)18-3/h5-8H,1-4H3,(H,14,15). The average Bonchev–Trinajstić information content (AvgIpc) is 2.45. The van der Waals surface area contributed by atoms with E-state index in [9.17, 15) is 9.59 Å². The first-order valence-electron chi connectivity index (χ1n) is 5.64. The summed E-state index contributed by atoms with van der Waals surface area (Å²) >= 11 is 0. The Bertz CT molecular complexity index is 472. The number of methoxy groups -OCH3 is 3. The lowest BCUT2D eigenvalue weighted by molar-refractivity contribution is -0.142. The van der Waals surface area contributed by atoms with E-state index in [1.54, 1.807) is 25.1 Å². The maximum absolute atomic E-state index is 12.0. The molecule has 0 saturated heterocycles. The van der Waals surface area contributed by atoms with Crippen molar-refractivity contribution in [1.82, 2.24) is 5.32 Å². The highest BCUT2D eigenvalue weighted by molar-refractivity contribution is 5.99. The van der Waals surface area contributed by atoms with Gasteiger partial charge >= 0.3 is 5.97 Å². The molecule has 1 N–H and O–H groups in total. The number of carbonyl (C=O) groups is 2. The third-order valence-electron chi connectivity index (χ3n) is 2.56. The maximum Gasteiger partial charge on any atom is 0.328 e. The molecule has 0 radical (unpaired) electrons. The normalized spacial score (nSPS) is 11.4. The first-order chi connectivity index (χ1) is 9.03. The molecule has 0 fully saturated rings. The molecule has 1 unspecified atom stereocenters. The van der Waals surface area contributed by atoms with Crippen LogP contribution in [0.2, 0.25) is 0 Å². The molecule has 1 aromatic carbocycles. The number of rotatable bonds is 5. The van der Waals surface area contributed by atoms with Crippen molar-refractivity contribution in [2.24, 2.45) is 0 Å². The van der Waals surface area contributed by atoms with E-state index in [0.29, 0.717) is 17.1 Å². The summed E-state index contributed by atoms with van der Waals surface area (Å²) < 4.78 is 14.7. The molecule has 1 amide bonds.